The Bertz CT molecular complexity index is 527. The summed E-state index contributed by atoms with van der Waals surface area (Å²) in [5, 5.41) is 8.78. The summed E-state index contributed by atoms with van der Waals surface area (Å²) in [6.45, 7) is 9.64. The Morgan fingerprint density at radius 1 is 1.04 bits per heavy atom. The quantitative estimate of drug-likeness (QED) is 0.192. The van der Waals surface area contributed by atoms with Crippen LogP contribution in [0.2, 0.25) is 0 Å². The molecule has 1 N–H and O–H groups in total. The number of allylic oxidation sites excluding steroid dienone is 7. The molecular weight excluding hydrogens is 356 g/mol. The van der Waals surface area contributed by atoms with Crippen LogP contribution < -0.4 is 0 Å². The number of esters is 2. The Hall–Kier alpha value is -2.14. The van der Waals surface area contributed by atoms with Crippen molar-refractivity contribution in [3.8, 4) is 0 Å². The van der Waals surface area contributed by atoms with E-state index in [9.17, 15) is 9.59 Å². The van der Waals surface area contributed by atoms with Gasteiger partial charge in [0, 0.05) is 6.61 Å². The molecule has 28 heavy (non-hydrogen) atoms. The summed E-state index contributed by atoms with van der Waals surface area (Å²) in [6.07, 6.45) is 16.0. The number of rotatable bonds is 15. The van der Waals surface area contributed by atoms with Gasteiger partial charge in [-0.1, -0.05) is 56.0 Å². The van der Waals surface area contributed by atoms with Gasteiger partial charge in [0.15, 0.2) is 5.41 Å². The van der Waals surface area contributed by atoms with E-state index in [0.29, 0.717) is 6.42 Å². The zero-order valence-corrected chi connectivity index (χ0v) is 17.6. The molecule has 158 valence electrons. The number of aliphatic hydroxyl groups is 1. The van der Waals surface area contributed by atoms with Crippen LogP contribution in [0.5, 0.6) is 0 Å². The van der Waals surface area contributed by atoms with Gasteiger partial charge in [-0.25, -0.2) is 0 Å². The Labute approximate surface area is 169 Å². The van der Waals surface area contributed by atoms with Crippen LogP contribution in [0, 0.1) is 11.3 Å². The van der Waals surface area contributed by atoms with Crippen LogP contribution >= 0.6 is 0 Å². The standard InChI is InChI=1S/C23H36O5/c1-5-8-16-20(4)19-23(21(25)27-6-2,22(26)28-7-3)17-14-12-10-9-11-13-15-18-24/h5,8-10,12,14,16,20,24H,1,6-7,11,13,15,17-19H2,2-4H3/b10-9+,14-12+,16-8+. The van der Waals surface area contributed by atoms with Gasteiger partial charge in [0.25, 0.3) is 0 Å². The molecule has 0 rings (SSSR count). The van der Waals surface area contributed by atoms with E-state index in [-0.39, 0.29) is 32.2 Å². The van der Waals surface area contributed by atoms with Crippen molar-refractivity contribution in [2.45, 2.75) is 52.9 Å². The second-order valence-corrected chi connectivity index (χ2v) is 6.60. The van der Waals surface area contributed by atoms with Gasteiger partial charge in [0.1, 0.15) is 0 Å². The smallest absolute Gasteiger partial charge is 0.323 e. The molecule has 0 aliphatic rings. The number of hydrogen-bond acceptors (Lipinski definition) is 5. The van der Waals surface area contributed by atoms with Crippen LogP contribution in [-0.4, -0.2) is 36.9 Å². The second kappa shape index (κ2) is 15.9. The van der Waals surface area contributed by atoms with Crippen LogP contribution in [-0.2, 0) is 19.1 Å². The van der Waals surface area contributed by atoms with Gasteiger partial charge in [-0.3, -0.25) is 9.59 Å². The molecule has 0 aromatic heterocycles. The van der Waals surface area contributed by atoms with Crippen molar-refractivity contribution >= 4 is 11.9 Å². The van der Waals surface area contributed by atoms with Gasteiger partial charge in [-0.05, 0) is 51.9 Å². The molecule has 0 amide bonds. The fourth-order valence-electron chi connectivity index (χ4n) is 2.82. The molecule has 0 spiro atoms. The first-order valence-electron chi connectivity index (χ1n) is 10.0. The molecule has 0 heterocycles. The van der Waals surface area contributed by atoms with Crippen molar-refractivity contribution in [3.05, 3.63) is 49.1 Å². The Kier molecular flexibility index (Phi) is 14.7. The van der Waals surface area contributed by atoms with Crippen molar-refractivity contribution in [2.24, 2.45) is 11.3 Å². The second-order valence-electron chi connectivity index (χ2n) is 6.60. The third kappa shape index (κ3) is 9.70. The molecule has 0 fully saturated rings. The van der Waals surface area contributed by atoms with Gasteiger partial charge in [0.2, 0.25) is 0 Å². The highest BCUT2D eigenvalue weighted by atomic mass is 16.6. The van der Waals surface area contributed by atoms with E-state index in [0.717, 1.165) is 19.3 Å². The summed E-state index contributed by atoms with van der Waals surface area (Å²) >= 11 is 0. The summed E-state index contributed by atoms with van der Waals surface area (Å²) in [7, 11) is 0. The number of carbonyl (C=O) groups is 2. The molecule has 0 saturated heterocycles. The van der Waals surface area contributed by atoms with Crippen molar-refractivity contribution in [1.29, 1.82) is 0 Å². The van der Waals surface area contributed by atoms with E-state index in [2.05, 4.69) is 6.58 Å². The monoisotopic (exact) mass is 392 g/mol. The summed E-state index contributed by atoms with van der Waals surface area (Å²) in [6, 6.07) is 0. The lowest BCUT2D eigenvalue weighted by Gasteiger charge is -2.30. The molecule has 5 heteroatoms. The molecule has 0 aliphatic carbocycles. The van der Waals surface area contributed by atoms with Crippen LogP contribution in [0.3, 0.4) is 0 Å². The minimum absolute atomic E-state index is 0.0331. The maximum absolute atomic E-state index is 12.8. The van der Waals surface area contributed by atoms with Gasteiger partial charge in [-0.15, -0.1) is 0 Å². The van der Waals surface area contributed by atoms with Crippen LogP contribution in [0.1, 0.15) is 52.9 Å². The van der Waals surface area contributed by atoms with Gasteiger partial charge < -0.3 is 14.6 Å². The highest BCUT2D eigenvalue weighted by Gasteiger charge is 2.48. The molecule has 5 nitrogen and oxygen atoms in total. The molecule has 1 atom stereocenters. The highest BCUT2D eigenvalue weighted by molar-refractivity contribution is 6.00. The third-order valence-corrected chi connectivity index (χ3v) is 4.21. The average molecular weight is 393 g/mol. The number of aliphatic hydroxyl groups excluding tert-OH is 1. The number of carbonyl (C=O) groups excluding carboxylic acids is 2. The van der Waals surface area contributed by atoms with Crippen LogP contribution in [0.15, 0.2) is 49.1 Å². The normalized spacial score (nSPS) is 13.3. The van der Waals surface area contributed by atoms with Gasteiger partial charge in [0.05, 0.1) is 13.2 Å². The van der Waals surface area contributed by atoms with Crippen molar-refractivity contribution in [2.75, 3.05) is 19.8 Å². The average Bonchev–Trinajstić information content (AvgIpc) is 2.67. The molecular formula is C23H36O5. The van der Waals surface area contributed by atoms with E-state index >= 15 is 0 Å². The summed E-state index contributed by atoms with van der Waals surface area (Å²) in [5.74, 6) is -1.14. The van der Waals surface area contributed by atoms with Crippen molar-refractivity contribution in [3.63, 3.8) is 0 Å². The minimum Gasteiger partial charge on any atom is -0.465 e. The summed E-state index contributed by atoms with van der Waals surface area (Å²) < 4.78 is 10.5. The van der Waals surface area contributed by atoms with E-state index in [1.54, 1.807) is 32.1 Å². The molecule has 0 aromatic carbocycles. The maximum atomic E-state index is 12.8. The topological polar surface area (TPSA) is 72.8 Å². The lowest BCUT2D eigenvalue weighted by Crippen LogP contribution is -2.43. The van der Waals surface area contributed by atoms with Gasteiger partial charge in [-0.2, -0.15) is 0 Å². The Balaban J connectivity index is 5.45. The first-order chi connectivity index (χ1) is 13.5. The SMILES string of the molecule is C=C/C=C/C(C)CC(C/C=C/C=C/CCCCO)(C(=O)OCC)C(=O)OCC. The van der Waals surface area contributed by atoms with Crippen molar-refractivity contribution < 1.29 is 24.2 Å². The number of ether oxygens (including phenoxy) is 2. The molecule has 0 aliphatic heterocycles. The molecule has 0 aromatic rings. The fourth-order valence-corrected chi connectivity index (χ4v) is 2.82. The van der Waals surface area contributed by atoms with Crippen LogP contribution in [0.25, 0.3) is 0 Å². The van der Waals surface area contributed by atoms with E-state index in [1.165, 1.54) is 0 Å². The van der Waals surface area contributed by atoms with E-state index in [1.807, 2.05) is 31.2 Å². The van der Waals surface area contributed by atoms with E-state index in [4.69, 9.17) is 14.6 Å². The molecule has 0 bridgehead atoms. The van der Waals surface area contributed by atoms with E-state index < -0.39 is 17.4 Å². The largest absolute Gasteiger partial charge is 0.465 e. The first kappa shape index (κ1) is 25.9. The zero-order valence-electron chi connectivity index (χ0n) is 17.6. The number of unbranched alkanes of at least 4 members (excludes halogenated alkanes) is 2. The third-order valence-electron chi connectivity index (χ3n) is 4.21. The molecule has 1 unspecified atom stereocenters. The summed E-state index contributed by atoms with van der Waals surface area (Å²) in [4.78, 5) is 25.6. The van der Waals surface area contributed by atoms with Crippen molar-refractivity contribution in [1.82, 2.24) is 0 Å². The fraction of sp³-hybridized carbons (Fsp3) is 0.565. The lowest BCUT2D eigenvalue weighted by molar-refractivity contribution is -0.173. The Morgan fingerprint density at radius 2 is 1.64 bits per heavy atom. The van der Waals surface area contributed by atoms with Gasteiger partial charge >= 0.3 is 11.9 Å². The van der Waals surface area contributed by atoms with Crippen LogP contribution in [0.4, 0.5) is 0 Å². The predicted octanol–water partition coefficient (Wildman–Crippen LogP) is 4.53. The molecule has 0 saturated carbocycles. The zero-order chi connectivity index (χ0) is 21.3. The number of hydrogen-bond donors (Lipinski definition) is 1. The molecule has 0 radical (unpaired) electrons. The maximum Gasteiger partial charge on any atom is 0.323 e. The Morgan fingerprint density at radius 3 is 2.18 bits per heavy atom. The summed E-state index contributed by atoms with van der Waals surface area (Å²) in [5.41, 5.74) is -1.38. The lowest BCUT2D eigenvalue weighted by atomic mass is 9.76. The first-order valence-corrected chi connectivity index (χ1v) is 10.0. The minimum atomic E-state index is -1.38. The predicted molar refractivity (Wildman–Crippen MR) is 113 cm³/mol. The highest BCUT2D eigenvalue weighted by Crippen LogP contribution is 2.35.